The summed E-state index contributed by atoms with van der Waals surface area (Å²) in [5.41, 5.74) is 5.47. The van der Waals surface area contributed by atoms with Crippen molar-refractivity contribution < 1.29 is 9.66 Å². The number of nitrogen functional groups attached to an aromatic ring is 1. The standard InChI is InChI=1S/C10H10N4O3/c1-13-6-8(5-12-13)17-7-2-3-10(14(15)16)9(11)4-7/h2-6H,11H2,1H3. The van der Waals surface area contributed by atoms with Gasteiger partial charge < -0.3 is 10.5 Å². The molecule has 88 valence electrons. The van der Waals surface area contributed by atoms with E-state index in [1.807, 2.05) is 0 Å². The smallest absolute Gasteiger partial charge is 0.292 e. The minimum absolute atomic E-state index is 0.0661. The van der Waals surface area contributed by atoms with Gasteiger partial charge >= 0.3 is 0 Å². The maximum absolute atomic E-state index is 10.6. The first-order valence-electron chi connectivity index (χ1n) is 4.76. The fourth-order valence-electron chi connectivity index (χ4n) is 1.35. The van der Waals surface area contributed by atoms with Crippen LogP contribution < -0.4 is 10.5 Å². The molecule has 0 aliphatic rings. The Morgan fingerprint density at radius 2 is 2.24 bits per heavy atom. The Labute approximate surface area is 96.6 Å². The quantitative estimate of drug-likeness (QED) is 0.495. The van der Waals surface area contributed by atoms with Gasteiger partial charge in [-0.3, -0.25) is 14.8 Å². The fourth-order valence-corrected chi connectivity index (χ4v) is 1.35. The summed E-state index contributed by atoms with van der Waals surface area (Å²) in [6.07, 6.45) is 3.22. The first kappa shape index (κ1) is 10.9. The van der Waals surface area contributed by atoms with Crippen molar-refractivity contribution >= 4 is 11.4 Å². The monoisotopic (exact) mass is 234 g/mol. The number of aromatic nitrogens is 2. The molecule has 2 rings (SSSR count). The normalized spacial score (nSPS) is 10.2. The first-order chi connectivity index (χ1) is 8.06. The Bertz CT molecular complexity index is 564. The van der Waals surface area contributed by atoms with Crippen molar-refractivity contribution in [2.75, 3.05) is 5.73 Å². The molecule has 0 amide bonds. The maximum atomic E-state index is 10.6. The van der Waals surface area contributed by atoms with E-state index in [0.29, 0.717) is 11.5 Å². The first-order valence-corrected chi connectivity index (χ1v) is 4.76. The zero-order valence-electron chi connectivity index (χ0n) is 9.03. The van der Waals surface area contributed by atoms with Crippen LogP contribution in [0.15, 0.2) is 30.6 Å². The molecule has 0 fully saturated rings. The molecule has 2 aromatic rings. The summed E-state index contributed by atoms with van der Waals surface area (Å²) < 4.78 is 7.02. The molecule has 2 N–H and O–H groups in total. The van der Waals surface area contributed by atoms with Crippen LogP contribution in [-0.2, 0) is 7.05 Å². The number of ether oxygens (including phenoxy) is 1. The summed E-state index contributed by atoms with van der Waals surface area (Å²) >= 11 is 0. The van der Waals surface area contributed by atoms with Gasteiger partial charge in [0, 0.05) is 19.2 Å². The molecule has 0 bridgehead atoms. The van der Waals surface area contributed by atoms with Crippen LogP contribution in [0.1, 0.15) is 0 Å². The van der Waals surface area contributed by atoms with Crippen molar-refractivity contribution in [3.63, 3.8) is 0 Å². The number of hydrogen-bond donors (Lipinski definition) is 1. The van der Waals surface area contributed by atoms with E-state index in [0.717, 1.165) is 0 Å². The molecule has 1 aromatic heterocycles. The lowest BCUT2D eigenvalue weighted by Gasteiger charge is -2.03. The van der Waals surface area contributed by atoms with Crippen molar-refractivity contribution in [2.45, 2.75) is 0 Å². The molecule has 0 spiro atoms. The maximum Gasteiger partial charge on any atom is 0.292 e. The number of nitro groups is 1. The molecule has 0 aliphatic heterocycles. The largest absolute Gasteiger partial charge is 0.454 e. The summed E-state index contributed by atoms with van der Waals surface area (Å²) in [7, 11) is 1.76. The van der Waals surface area contributed by atoms with Gasteiger partial charge in [-0.25, -0.2) is 0 Å². The van der Waals surface area contributed by atoms with E-state index in [2.05, 4.69) is 5.10 Å². The molecule has 0 atom stereocenters. The Morgan fingerprint density at radius 1 is 1.47 bits per heavy atom. The number of aryl methyl sites for hydroxylation is 1. The highest BCUT2D eigenvalue weighted by Gasteiger charge is 2.12. The van der Waals surface area contributed by atoms with E-state index in [4.69, 9.17) is 10.5 Å². The van der Waals surface area contributed by atoms with Gasteiger partial charge in [0.1, 0.15) is 11.4 Å². The van der Waals surface area contributed by atoms with E-state index in [1.54, 1.807) is 17.9 Å². The zero-order chi connectivity index (χ0) is 12.4. The number of nitro benzene ring substituents is 1. The molecular formula is C10H10N4O3. The SMILES string of the molecule is Cn1cc(Oc2ccc([N+](=O)[O-])c(N)c2)cn1. The van der Waals surface area contributed by atoms with Crippen molar-refractivity contribution in [3.8, 4) is 11.5 Å². The second-order valence-corrected chi connectivity index (χ2v) is 3.43. The van der Waals surface area contributed by atoms with Crippen molar-refractivity contribution in [1.82, 2.24) is 9.78 Å². The molecule has 0 unspecified atom stereocenters. The van der Waals surface area contributed by atoms with Crippen LogP contribution in [0, 0.1) is 10.1 Å². The van der Waals surface area contributed by atoms with Gasteiger partial charge in [-0.05, 0) is 6.07 Å². The van der Waals surface area contributed by atoms with E-state index in [-0.39, 0.29) is 11.4 Å². The van der Waals surface area contributed by atoms with Crippen LogP contribution in [-0.4, -0.2) is 14.7 Å². The van der Waals surface area contributed by atoms with E-state index in [9.17, 15) is 10.1 Å². The third kappa shape index (κ3) is 2.33. The lowest BCUT2D eigenvalue weighted by Crippen LogP contribution is -1.95. The van der Waals surface area contributed by atoms with E-state index >= 15 is 0 Å². The number of nitrogens with two attached hydrogens (primary N) is 1. The Morgan fingerprint density at radius 3 is 2.76 bits per heavy atom. The van der Waals surface area contributed by atoms with Gasteiger partial charge in [-0.15, -0.1) is 0 Å². The molecule has 1 heterocycles. The van der Waals surface area contributed by atoms with Gasteiger partial charge in [0.05, 0.1) is 17.3 Å². The summed E-state index contributed by atoms with van der Waals surface area (Å²) in [5, 5.41) is 14.5. The summed E-state index contributed by atoms with van der Waals surface area (Å²) in [6.45, 7) is 0. The molecule has 0 aliphatic carbocycles. The second kappa shape index (κ2) is 4.12. The summed E-state index contributed by atoms with van der Waals surface area (Å²) in [6, 6.07) is 4.20. The van der Waals surface area contributed by atoms with Crippen molar-refractivity contribution in [2.24, 2.45) is 7.05 Å². The van der Waals surface area contributed by atoms with Gasteiger partial charge in [0.25, 0.3) is 5.69 Å². The second-order valence-electron chi connectivity index (χ2n) is 3.43. The van der Waals surface area contributed by atoms with E-state index in [1.165, 1.54) is 24.4 Å². The molecule has 7 nitrogen and oxygen atoms in total. The summed E-state index contributed by atoms with van der Waals surface area (Å²) in [4.78, 5) is 10.0. The number of hydrogen-bond acceptors (Lipinski definition) is 5. The topological polar surface area (TPSA) is 96.2 Å². The number of rotatable bonds is 3. The van der Waals surface area contributed by atoms with Gasteiger partial charge in [0.15, 0.2) is 5.75 Å². The number of anilines is 1. The third-order valence-corrected chi connectivity index (χ3v) is 2.11. The van der Waals surface area contributed by atoms with Crippen LogP contribution in [0.4, 0.5) is 11.4 Å². The number of nitrogens with zero attached hydrogens (tertiary/aromatic N) is 3. The highest BCUT2D eigenvalue weighted by molar-refractivity contribution is 5.61. The Balaban J connectivity index is 2.23. The van der Waals surface area contributed by atoms with Crippen LogP contribution >= 0.6 is 0 Å². The average molecular weight is 234 g/mol. The lowest BCUT2D eigenvalue weighted by molar-refractivity contribution is -0.383. The molecule has 0 radical (unpaired) electrons. The molecule has 17 heavy (non-hydrogen) atoms. The van der Waals surface area contributed by atoms with Crippen LogP contribution in [0.2, 0.25) is 0 Å². The zero-order valence-corrected chi connectivity index (χ0v) is 9.03. The molecular weight excluding hydrogens is 224 g/mol. The molecule has 7 heteroatoms. The van der Waals surface area contributed by atoms with Gasteiger partial charge in [-0.2, -0.15) is 5.10 Å². The van der Waals surface area contributed by atoms with Crippen molar-refractivity contribution in [1.29, 1.82) is 0 Å². The average Bonchev–Trinajstić information content (AvgIpc) is 2.63. The molecule has 0 saturated carbocycles. The highest BCUT2D eigenvalue weighted by atomic mass is 16.6. The Hall–Kier alpha value is -2.57. The molecule has 1 aromatic carbocycles. The minimum atomic E-state index is -0.539. The van der Waals surface area contributed by atoms with Crippen LogP contribution in [0.3, 0.4) is 0 Å². The highest BCUT2D eigenvalue weighted by Crippen LogP contribution is 2.28. The van der Waals surface area contributed by atoms with Crippen LogP contribution in [0.5, 0.6) is 11.5 Å². The van der Waals surface area contributed by atoms with Crippen LogP contribution in [0.25, 0.3) is 0 Å². The third-order valence-electron chi connectivity index (χ3n) is 2.11. The van der Waals surface area contributed by atoms with Gasteiger partial charge in [-0.1, -0.05) is 0 Å². The lowest BCUT2D eigenvalue weighted by atomic mass is 10.2. The van der Waals surface area contributed by atoms with E-state index < -0.39 is 4.92 Å². The molecule has 0 saturated heterocycles. The predicted molar refractivity (Wildman–Crippen MR) is 60.8 cm³/mol. The van der Waals surface area contributed by atoms with Crippen molar-refractivity contribution in [3.05, 3.63) is 40.7 Å². The minimum Gasteiger partial charge on any atom is -0.454 e. The Kier molecular flexibility index (Phi) is 2.65. The number of benzene rings is 1. The predicted octanol–water partition coefficient (Wildman–Crippen LogP) is 1.70. The fraction of sp³-hybridized carbons (Fsp3) is 0.100. The van der Waals surface area contributed by atoms with Gasteiger partial charge in [0.2, 0.25) is 0 Å². The summed E-state index contributed by atoms with van der Waals surface area (Å²) in [5.74, 6) is 0.974.